The van der Waals surface area contributed by atoms with E-state index in [0.29, 0.717) is 6.54 Å². The predicted octanol–water partition coefficient (Wildman–Crippen LogP) is 7.41. The number of nitrogens with one attached hydrogen (secondary N) is 1. The van der Waals surface area contributed by atoms with Crippen LogP contribution in [0, 0.1) is 0 Å². The number of rotatable bonds is 21. The molecule has 0 fully saturated rings. The monoisotopic (exact) mass is 423 g/mol. The van der Waals surface area contributed by atoms with Gasteiger partial charge in [-0.15, -0.1) is 0 Å². The summed E-state index contributed by atoms with van der Waals surface area (Å²) in [6.45, 7) is 3.53. The molecular weight excluding hydrogens is 377 g/mol. The first-order valence-electron chi connectivity index (χ1n) is 11.4. The van der Waals surface area contributed by atoms with Gasteiger partial charge in [0, 0.05) is 6.54 Å². The predicted molar refractivity (Wildman–Crippen MR) is 121 cm³/mol. The summed E-state index contributed by atoms with van der Waals surface area (Å²) in [5.41, 5.74) is 2.75. The molecule has 0 bridgehead atoms. The number of hydrogen-bond donors (Lipinski definition) is 2. The van der Waals surface area contributed by atoms with Gasteiger partial charge in [0.1, 0.15) is 0 Å². The lowest BCUT2D eigenvalue weighted by Gasteiger charge is -2.17. The summed E-state index contributed by atoms with van der Waals surface area (Å²) in [5, 5.41) is 0. The third-order valence-corrected chi connectivity index (χ3v) is 6.19. The Kier molecular flexibility index (Phi) is 20.2. The molecule has 0 radical (unpaired) electrons. The Morgan fingerprint density at radius 1 is 0.741 bits per heavy atom. The van der Waals surface area contributed by atoms with Gasteiger partial charge in [-0.25, -0.2) is 4.62 Å². The molecule has 0 saturated heterocycles. The van der Waals surface area contributed by atoms with E-state index in [0.717, 1.165) is 6.42 Å². The zero-order chi connectivity index (χ0) is 20.2. The highest BCUT2D eigenvalue weighted by Crippen LogP contribution is 2.43. The highest BCUT2D eigenvalue weighted by Gasteiger charge is 2.16. The molecule has 0 aromatic carbocycles. The lowest BCUT2D eigenvalue weighted by atomic mass is 10.0. The van der Waals surface area contributed by atoms with Crippen LogP contribution < -0.4 is 5.48 Å². The van der Waals surface area contributed by atoms with Crippen LogP contribution in [-0.2, 0) is 21.0 Å². The summed E-state index contributed by atoms with van der Waals surface area (Å²) >= 11 is 4.89. The van der Waals surface area contributed by atoms with Gasteiger partial charge in [0.25, 0.3) is 0 Å². The molecule has 0 heterocycles. The fraction of sp³-hybridized carbons (Fsp3) is 1.00. The minimum atomic E-state index is -3.12. The third kappa shape index (κ3) is 22.6. The van der Waals surface area contributed by atoms with Crippen LogP contribution in [0.2, 0.25) is 0 Å². The van der Waals surface area contributed by atoms with Gasteiger partial charge in [0.2, 0.25) is 0 Å². The molecule has 2 N–H and O–H groups in total. The Hall–Kier alpha value is 0.490. The fourth-order valence-corrected chi connectivity index (χ4v) is 4.67. The molecule has 164 valence electrons. The van der Waals surface area contributed by atoms with Crippen molar-refractivity contribution >= 4 is 18.5 Å². The van der Waals surface area contributed by atoms with E-state index in [1.165, 1.54) is 96.3 Å². The van der Waals surface area contributed by atoms with Crippen LogP contribution >= 0.6 is 6.72 Å². The molecule has 0 saturated carbocycles. The summed E-state index contributed by atoms with van der Waals surface area (Å²) in [7, 11) is 0. The third-order valence-electron chi connectivity index (χ3n) is 4.66. The second kappa shape index (κ2) is 19.8. The van der Waals surface area contributed by atoms with E-state index in [4.69, 9.17) is 21.0 Å². The zero-order valence-corrected chi connectivity index (χ0v) is 19.9. The molecule has 0 amide bonds. The topological polar surface area (TPSA) is 50.7 Å². The first-order valence-corrected chi connectivity index (χ1v) is 14.0. The first-order chi connectivity index (χ1) is 13.0. The van der Waals surface area contributed by atoms with Gasteiger partial charge in [-0.1, -0.05) is 103 Å². The zero-order valence-electron chi connectivity index (χ0n) is 18.2. The van der Waals surface area contributed by atoms with Crippen LogP contribution in [0.1, 0.15) is 124 Å². The summed E-state index contributed by atoms with van der Waals surface area (Å²) < 4.78 is 10.2. The Bertz CT molecular complexity index is 356. The highest BCUT2D eigenvalue weighted by molar-refractivity contribution is 8.07. The van der Waals surface area contributed by atoms with Crippen molar-refractivity contribution in [2.24, 2.45) is 0 Å². The van der Waals surface area contributed by atoms with Crippen molar-refractivity contribution in [3.63, 3.8) is 0 Å². The molecule has 1 unspecified atom stereocenters. The van der Waals surface area contributed by atoms with Gasteiger partial charge in [0.05, 0.1) is 6.10 Å². The van der Waals surface area contributed by atoms with E-state index in [2.05, 4.69) is 12.4 Å². The molecule has 0 aliphatic rings. The van der Waals surface area contributed by atoms with Gasteiger partial charge < -0.3 is 9.42 Å². The van der Waals surface area contributed by atoms with Crippen molar-refractivity contribution in [3.8, 4) is 0 Å². The van der Waals surface area contributed by atoms with Crippen molar-refractivity contribution in [2.75, 3.05) is 6.54 Å². The molecule has 0 rings (SSSR count). The summed E-state index contributed by atoms with van der Waals surface area (Å²) in [5.74, 6) is 0. The van der Waals surface area contributed by atoms with Gasteiger partial charge in [-0.3, -0.25) is 0 Å². The van der Waals surface area contributed by atoms with Crippen molar-refractivity contribution in [3.05, 3.63) is 0 Å². The quantitative estimate of drug-likeness (QED) is 0.114. The molecule has 1 atom stereocenters. The second-order valence-electron chi connectivity index (χ2n) is 7.91. The average molecular weight is 424 g/mol. The van der Waals surface area contributed by atoms with Crippen LogP contribution in [0.15, 0.2) is 0 Å². The molecule has 0 aromatic heterocycles. The lowest BCUT2D eigenvalue weighted by molar-refractivity contribution is 0.113. The molecule has 0 aromatic rings. The largest absolute Gasteiger partial charge is 0.341 e. The second-order valence-corrected chi connectivity index (χ2v) is 10.6. The standard InChI is InChI=1S/C21H46NO3PS/c1-4-5-6-7-8-9-10-11-12-13-14-15-16-17-18-19-20-22-25-26(23,27)24-21(2)3/h21-22H,4-20H2,1-3H3,(H,23,27). The van der Waals surface area contributed by atoms with E-state index in [1.807, 2.05) is 13.8 Å². The van der Waals surface area contributed by atoms with Crippen molar-refractivity contribution in [1.82, 2.24) is 5.48 Å². The van der Waals surface area contributed by atoms with Crippen LogP contribution in [0.5, 0.6) is 0 Å². The number of unbranched alkanes of at least 4 members (excludes halogenated alkanes) is 15. The van der Waals surface area contributed by atoms with Crippen molar-refractivity contribution in [1.29, 1.82) is 0 Å². The van der Waals surface area contributed by atoms with Crippen LogP contribution in [-0.4, -0.2) is 17.5 Å². The van der Waals surface area contributed by atoms with E-state index in [9.17, 15) is 4.89 Å². The average Bonchev–Trinajstić information content (AvgIpc) is 2.59. The Labute approximate surface area is 174 Å². The Morgan fingerprint density at radius 3 is 1.48 bits per heavy atom. The van der Waals surface area contributed by atoms with E-state index in [-0.39, 0.29) is 6.10 Å². The number of hydrogen-bond acceptors (Lipinski definition) is 4. The van der Waals surface area contributed by atoms with E-state index < -0.39 is 6.72 Å². The maximum atomic E-state index is 9.74. The maximum absolute atomic E-state index is 9.74. The molecular formula is C21H46NO3PS. The molecule has 0 aliphatic heterocycles. The van der Waals surface area contributed by atoms with Crippen molar-refractivity contribution < 1.29 is 14.0 Å². The summed E-state index contributed by atoms with van der Waals surface area (Å²) in [6.07, 6.45) is 21.7. The molecule has 27 heavy (non-hydrogen) atoms. The van der Waals surface area contributed by atoms with Crippen molar-refractivity contribution in [2.45, 2.75) is 130 Å². The summed E-state index contributed by atoms with van der Waals surface area (Å²) in [4.78, 5) is 9.74. The Morgan fingerprint density at radius 2 is 1.11 bits per heavy atom. The fourth-order valence-electron chi connectivity index (χ4n) is 3.16. The number of hydroxylamine groups is 1. The molecule has 0 aliphatic carbocycles. The minimum absolute atomic E-state index is 0.127. The smallest absolute Gasteiger partial charge is 0.323 e. The van der Waals surface area contributed by atoms with Gasteiger partial charge in [0.15, 0.2) is 0 Å². The Balaban J connectivity index is 3.16. The first kappa shape index (κ1) is 27.5. The minimum Gasteiger partial charge on any atom is -0.323 e. The van der Waals surface area contributed by atoms with Gasteiger partial charge in [-0.2, -0.15) is 5.48 Å². The highest BCUT2D eigenvalue weighted by atomic mass is 32.5. The maximum Gasteiger partial charge on any atom is 0.341 e. The lowest BCUT2D eigenvalue weighted by Crippen LogP contribution is -2.16. The SMILES string of the molecule is CCCCCCCCCCCCCCCCCCNOP(O)(=S)OC(C)C. The van der Waals surface area contributed by atoms with E-state index >= 15 is 0 Å². The molecule has 0 spiro atoms. The van der Waals surface area contributed by atoms with Gasteiger partial charge in [-0.05, 0) is 32.1 Å². The van der Waals surface area contributed by atoms with E-state index in [1.54, 1.807) is 0 Å². The van der Waals surface area contributed by atoms with Crippen LogP contribution in [0.25, 0.3) is 0 Å². The molecule has 4 nitrogen and oxygen atoms in total. The van der Waals surface area contributed by atoms with Crippen LogP contribution in [0.3, 0.4) is 0 Å². The van der Waals surface area contributed by atoms with Gasteiger partial charge >= 0.3 is 6.72 Å². The normalized spacial score (nSPS) is 14.0. The summed E-state index contributed by atoms with van der Waals surface area (Å²) in [6, 6.07) is 0. The molecule has 6 heteroatoms. The van der Waals surface area contributed by atoms with Crippen LogP contribution in [0.4, 0.5) is 0 Å².